The van der Waals surface area contributed by atoms with Gasteiger partial charge in [-0.1, -0.05) is 41.8 Å². The molecule has 0 spiro atoms. The molecule has 4 aromatic rings. The van der Waals surface area contributed by atoms with Crippen LogP contribution in [0.5, 0.6) is 0 Å². The molecule has 4 rings (SSSR count). The van der Waals surface area contributed by atoms with E-state index in [-0.39, 0.29) is 35.0 Å². The predicted octanol–water partition coefficient (Wildman–Crippen LogP) is 5.81. The third-order valence-electron chi connectivity index (χ3n) is 3.23. The van der Waals surface area contributed by atoms with Crippen LogP contribution in [0.1, 0.15) is 0 Å². The van der Waals surface area contributed by atoms with Crippen molar-refractivity contribution in [3.05, 3.63) is 81.6 Å². The molecule has 0 aliphatic heterocycles. The number of fused-ring (bicyclic) bond motifs is 2. The first-order valence-corrected chi connectivity index (χ1v) is 6.99. The van der Waals surface area contributed by atoms with E-state index in [4.69, 9.17) is 4.98 Å². The van der Waals surface area contributed by atoms with Crippen LogP contribution in [0.25, 0.3) is 31.6 Å². The molecule has 1 heterocycles. The minimum Gasteiger partial charge on any atom is -0.358 e. The number of benzene rings is 3. The van der Waals surface area contributed by atoms with E-state index in [2.05, 4.69) is 54.6 Å². The second kappa shape index (κ2) is 7.64. The minimum atomic E-state index is 0. The molecule has 22 heavy (non-hydrogen) atoms. The average Bonchev–Trinajstić information content (AvgIpc) is 2.90. The van der Waals surface area contributed by atoms with Crippen molar-refractivity contribution in [3.8, 4) is 10.6 Å². The summed E-state index contributed by atoms with van der Waals surface area (Å²) in [5, 5.41) is 3.48. The zero-order valence-corrected chi connectivity index (χ0v) is 15.7. The molecular weight excluding hydrogens is 467 g/mol. The van der Waals surface area contributed by atoms with Crippen LogP contribution in [-0.4, -0.2) is 4.98 Å². The maximum atomic E-state index is 4.72. The first-order chi connectivity index (χ1) is 9.42. The van der Waals surface area contributed by atoms with Crippen molar-refractivity contribution < 1.29 is 20.1 Å². The van der Waals surface area contributed by atoms with Gasteiger partial charge >= 0.3 is 20.1 Å². The Morgan fingerprint density at radius 1 is 0.864 bits per heavy atom. The van der Waals surface area contributed by atoms with Crippen LogP contribution in [0.2, 0.25) is 0 Å². The molecule has 0 aliphatic carbocycles. The standard InChI is InChI=1S/C17H10NS.2CH3.Ir/c1-2-8-13-12(6-1)7-5-9-14(13)17-18-15-10-3-4-11-16(15)19-17;;;/h1-8,10-11H;2*1H3;/q3*-1;+3. The zero-order chi connectivity index (χ0) is 12.7. The van der Waals surface area contributed by atoms with E-state index in [0.717, 1.165) is 16.1 Å². The van der Waals surface area contributed by atoms with Crippen molar-refractivity contribution in [2.24, 2.45) is 0 Å². The molecule has 0 atom stereocenters. The fourth-order valence-electron chi connectivity index (χ4n) is 2.32. The SMILES string of the molecule is [CH3-].[CH3-].[Ir+3].[c-]1ccc2ccccc2c1-c1nc2ccccc2s1. The van der Waals surface area contributed by atoms with Gasteiger partial charge in [-0.15, -0.1) is 29.1 Å². The molecule has 0 unspecified atom stereocenters. The monoisotopic (exact) mass is 483 g/mol. The van der Waals surface area contributed by atoms with Gasteiger partial charge in [0.15, 0.2) is 0 Å². The maximum Gasteiger partial charge on any atom is 3.00 e. The molecule has 3 heteroatoms. The second-order valence-corrected chi connectivity index (χ2v) is 5.46. The Morgan fingerprint density at radius 2 is 1.59 bits per heavy atom. The van der Waals surface area contributed by atoms with Gasteiger partial charge in [0.2, 0.25) is 0 Å². The summed E-state index contributed by atoms with van der Waals surface area (Å²) in [7, 11) is 0. The Hall–Kier alpha value is -1.54. The number of nitrogens with zero attached hydrogens (tertiary/aromatic N) is 1. The fraction of sp³-hybridized carbons (Fsp3) is 0. The molecule has 0 bridgehead atoms. The quantitative estimate of drug-likeness (QED) is 0.312. The molecule has 0 aliphatic rings. The Labute approximate surface area is 149 Å². The molecule has 0 saturated carbocycles. The van der Waals surface area contributed by atoms with E-state index in [9.17, 15) is 0 Å². The Balaban J connectivity index is 0.000000807. The van der Waals surface area contributed by atoms with Crippen LogP contribution >= 0.6 is 11.3 Å². The van der Waals surface area contributed by atoms with E-state index < -0.39 is 0 Å². The van der Waals surface area contributed by atoms with Crippen molar-refractivity contribution in [2.75, 3.05) is 0 Å². The summed E-state index contributed by atoms with van der Waals surface area (Å²) >= 11 is 1.72. The van der Waals surface area contributed by atoms with Crippen molar-refractivity contribution in [1.29, 1.82) is 0 Å². The topological polar surface area (TPSA) is 12.9 Å². The molecule has 0 N–H and O–H groups in total. The van der Waals surface area contributed by atoms with Gasteiger partial charge in [-0.3, -0.25) is 4.98 Å². The number of para-hydroxylation sites is 1. The smallest absolute Gasteiger partial charge is 0.358 e. The van der Waals surface area contributed by atoms with Crippen molar-refractivity contribution >= 4 is 32.3 Å². The van der Waals surface area contributed by atoms with Crippen LogP contribution in [0.3, 0.4) is 0 Å². The number of hydrogen-bond donors (Lipinski definition) is 0. The number of rotatable bonds is 1. The Morgan fingerprint density at radius 3 is 2.41 bits per heavy atom. The third kappa shape index (κ3) is 3.12. The van der Waals surface area contributed by atoms with Gasteiger partial charge < -0.3 is 14.9 Å². The molecule has 0 saturated heterocycles. The molecule has 3 aromatic carbocycles. The van der Waals surface area contributed by atoms with Crippen molar-refractivity contribution in [1.82, 2.24) is 4.98 Å². The van der Waals surface area contributed by atoms with Gasteiger partial charge in [-0.2, -0.15) is 11.3 Å². The number of aromatic nitrogens is 1. The second-order valence-electron chi connectivity index (χ2n) is 4.43. The van der Waals surface area contributed by atoms with Gasteiger partial charge in [-0.05, 0) is 12.1 Å². The largest absolute Gasteiger partial charge is 3.00 e. The van der Waals surface area contributed by atoms with Crippen LogP contribution in [0, 0.1) is 20.9 Å². The van der Waals surface area contributed by atoms with Gasteiger partial charge in [0.05, 0.1) is 5.52 Å². The van der Waals surface area contributed by atoms with E-state index in [0.29, 0.717) is 0 Å². The summed E-state index contributed by atoms with van der Waals surface area (Å²) in [6.07, 6.45) is 0. The number of hydrogen-bond acceptors (Lipinski definition) is 2. The molecule has 0 fully saturated rings. The third-order valence-corrected chi connectivity index (χ3v) is 4.28. The van der Waals surface area contributed by atoms with Crippen LogP contribution in [-0.2, 0) is 20.1 Å². The molecule has 0 amide bonds. The predicted molar refractivity (Wildman–Crippen MR) is 94.2 cm³/mol. The summed E-state index contributed by atoms with van der Waals surface area (Å²) in [6, 6.07) is 24.0. The van der Waals surface area contributed by atoms with Crippen LogP contribution < -0.4 is 0 Å². The summed E-state index contributed by atoms with van der Waals surface area (Å²) in [6.45, 7) is 0. The van der Waals surface area contributed by atoms with Crippen molar-refractivity contribution in [2.45, 2.75) is 0 Å². The summed E-state index contributed by atoms with van der Waals surface area (Å²) in [5.41, 5.74) is 2.16. The summed E-state index contributed by atoms with van der Waals surface area (Å²) in [5.74, 6) is 0. The van der Waals surface area contributed by atoms with E-state index in [1.807, 2.05) is 12.1 Å². The van der Waals surface area contributed by atoms with Crippen molar-refractivity contribution in [3.63, 3.8) is 0 Å². The minimum absolute atomic E-state index is 0. The fourth-order valence-corrected chi connectivity index (χ4v) is 3.31. The average molecular weight is 483 g/mol. The first-order valence-electron chi connectivity index (χ1n) is 6.17. The summed E-state index contributed by atoms with van der Waals surface area (Å²) < 4.78 is 1.22. The maximum absolute atomic E-state index is 4.72. The van der Waals surface area contributed by atoms with Crippen LogP contribution in [0.4, 0.5) is 0 Å². The van der Waals surface area contributed by atoms with E-state index >= 15 is 0 Å². The van der Waals surface area contributed by atoms with Crippen LogP contribution in [0.15, 0.2) is 60.7 Å². The van der Waals surface area contributed by atoms with E-state index in [1.165, 1.54) is 15.5 Å². The molecule has 112 valence electrons. The first kappa shape index (κ1) is 18.5. The van der Waals surface area contributed by atoms with Gasteiger partial charge in [0.1, 0.15) is 0 Å². The molecule has 0 radical (unpaired) electrons. The molecule has 1 nitrogen and oxygen atoms in total. The summed E-state index contributed by atoms with van der Waals surface area (Å²) in [4.78, 5) is 4.72. The molecule has 1 aromatic heterocycles. The van der Waals surface area contributed by atoms with Gasteiger partial charge in [0, 0.05) is 9.71 Å². The zero-order valence-electron chi connectivity index (χ0n) is 12.5. The Kier molecular flexibility index (Phi) is 6.43. The molecular formula is C19H16IrNS. The van der Waals surface area contributed by atoms with E-state index in [1.54, 1.807) is 11.3 Å². The number of thiazole rings is 1. The van der Waals surface area contributed by atoms with Gasteiger partial charge in [-0.25, -0.2) is 0 Å². The Bertz CT molecular complexity index is 844. The normalized spacial score (nSPS) is 9.64. The van der Waals surface area contributed by atoms with Gasteiger partial charge in [0.25, 0.3) is 0 Å².